The molecule has 1 aliphatic rings. The molecule has 7 nitrogen and oxygen atoms in total. The van der Waals surface area contributed by atoms with Crippen LogP contribution in [0.4, 0.5) is 5.69 Å². The maximum absolute atomic E-state index is 11.2. The van der Waals surface area contributed by atoms with Gasteiger partial charge in [-0.05, 0) is 6.42 Å². The number of benzene rings is 1. The predicted molar refractivity (Wildman–Crippen MR) is 92.6 cm³/mol. The number of nitro groups is 1. The van der Waals surface area contributed by atoms with Gasteiger partial charge in [-0.1, -0.05) is 26.2 Å². The summed E-state index contributed by atoms with van der Waals surface area (Å²) in [6, 6.07) is 2.74. The van der Waals surface area contributed by atoms with Crippen LogP contribution in [-0.2, 0) is 0 Å². The third kappa shape index (κ3) is 4.36. The monoisotopic (exact) mass is 337 g/mol. The molecular weight excluding hydrogens is 310 g/mol. The number of phenolic OH excluding ortho intramolecular Hbond substituents is 1. The Balaban J connectivity index is 2.38. The van der Waals surface area contributed by atoms with Gasteiger partial charge in [0.05, 0.1) is 18.1 Å². The summed E-state index contributed by atoms with van der Waals surface area (Å²) < 4.78 is 5.15. The first-order chi connectivity index (χ1) is 11.6. The Morgan fingerprint density at radius 3 is 2.67 bits per heavy atom. The van der Waals surface area contributed by atoms with E-state index in [0.717, 1.165) is 51.9 Å². The summed E-state index contributed by atoms with van der Waals surface area (Å²) in [5.41, 5.74) is 0.550. The molecular formula is C17H27N3O4. The molecule has 1 aliphatic heterocycles. The van der Waals surface area contributed by atoms with Crippen LogP contribution in [0.25, 0.3) is 0 Å². The number of ether oxygens (including phenoxy) is 1. The third-order valence-corrected chi connectivity index (χ3v) is 4.55. The molecule has 0 spiro atoms. The number of hydrogen-bond acceptors (Lipinski definition) is 6. The first kappa shape index (κ1) is 18.5. The Kier molecular flexibility index (Phi) is 6.81. The number of nitro benzene ring substituents is 1. The highest BCUT2D eigenvalue weighted by Gasteiger charge is 2.28. The van der Waals surface area contributed by atoms with Gasteiger partial charge in [-0.25, -0.2) is 0 Å². The lowest BCUT2D eigenvalue weighted by atomic mass is 9.96. The Hall–Kier alpha value is -1.86. The van der Waals surface area contributed by atoms with Crippen molar-refractivity contribution < 1.29 is 14.8 Å². The van der Waals surface area contributed by atoms with Crippen LogP contribution in [0.2, 0.25) is 0 Å². The van der Waals surface area contributed by atoms with Crippen molar-refractivity contribution in [3.05, 3.63) is 27.8 Å². The number of phenols is 1. The third-order valence-electron chi connectivity index (χ3n) is 4.55. The Labute approximate surface area is 142 Å². The second-order valence-corrected chi connectivity index (χ2v) is 6.14. The Morgan fingerprint density at radius 1 is 1.38 bits per heavy atom. The van der Waals surface area contributed by atoms with Crippen molar-refractivity contribution in [1.29, 1.82) is 0 Å². The molecule has 1 aromatic carbocycles. The maximum Gasteiger partial charge on any atom is 0.273 e. The van der Waals surface area contributed by atoms with E-state index in [0.29, 0.717) is 5.56 Å². The minimum atomic E-state index is -0.438. The van der Waals surface area contributed by atoms with Gasteiger partial charge in [0, 0.05) is 43.9 Å². The van der Waals surface area contributed by atoms with E-state index in [1.54, 1.807) is 0 Å². The Bertz CT molecular complexity index is 559. The molecule has 0 saturated carbocycles. The summed E-state index contributed by atoms with van der Waals surface area (Å²) in [6.07, 6.45) is 4.11. The van der Waals surface area contributed by atoms with E-state index in [4.69, 9.17) is 4.74 Å². The quantitative estimate of drug-likeness (QED) is 0.431. The highest BCUT2D eigenvalue weighted by molar-refractivity contribution is 5.54. The number of unbranched alkanes of at least 4 members (excludes halogenated alkanes) is 2. The van der Waals surface area contributed by atoms with E-state index in [1.165, 1.54) is 19.2 Å². The number of nitrogens with one attached hydrogen (secondary N) is 1. The van der Waals surface area contributed by atoms with E-state index in [2.05, 4.69) is 17.1 Å². The van der Waals surface area contributed by atoms with E-state index >= 15 is 0 Å². The average Bonchev–Trinajstić information content (AvgIpc) is 2.60. The molecule has 0 bridgehead atoms. The molecule has 134 valence electrons. The minimum Gasteiger partial charge on any atom is -0.504 e. The second-order valence-electron chi connectivity index (χ2n) is 6.14. The van der Waals surface area contributed by atoms with Gasteiger partial charge < -0.3 is 15.2 Å². The molecule has 1 atom stereocenters. The van der Waals surface area contributed by atoms with Gasteiger partial charge in [-0.3, -0.25) is 15.0 Å². The van der Waals surface area contributed by atoms with Gasteiger partial charge in [0.1, 0.15) is 0 Å². The smallest absolute Gasteiger partial charge is 0.273 e. The van der Waals surface area contributed by atoms with Crippen LogP contribution in [-0.4, -0.2) is 48.2 Å². The summed E-state index contributed by atoms with van der Waals surface area (Å²) in [6.45, 7) is 5.64. The molecule has 0 aliphatic carbocycles. The normalized spacial score (nSPS) is 16.8. The fourth-order valence-electron chi connectivity index (χ4n) is 3.25. The van der Waals surface area contributed by atoms with Gasteiger partial charge in [-0.15, -0.1) is 0 Å². The number of aromatic hydroxyl groups is 1. The van der Waals surface area contributed by atoms with Gasteiger partial charge in [0.2, 0.25) is 0 Å². The lowest BCUT2D eigenvalue weighted by Gasteiger charge is -2.35. The SMILES string of the molecule is CCCCC[C@H](c1cc([N+](=O)[O-])cc(OC)c1O)N1CCNCC1. The molecule has 1 saturated heterocycles. The summed E-state index contributed by atoms with van der Waals surface area (Å²) in [7, 11) is 1.42. The molecule has 0 unspecified atom stereocenters. The van der Waals surface area contributed by atoms with Crippen molar-refractivity contribution in [3.63, 3.8) is 0 Å². The molecule has 1 aromatic rings. The molecule has 0 radical (unpaired) electrons. The Morgan fingerprint density at radius 2 is 2.08 bits per heavy atom. The van der Waals surface area contributed by atoms with E-state index in [-0.39, 0.29) is 23.2 Å². The molecule has 1 heterocycles. The molecule has 2 rings (SSSR count). The summed E-state index contributed by atoms with van der Waals surface area (Å²) in [5, 5.41) is 25.1. The summed E-state index contributed by atoms with van der Waals surface area (Å²) >= 11 is 0. The molecule has 0 aromatic heterocycles. The van der Waals surface area contributed by atoms with E-state index in [1.807, 2.05) is 0 Å². The number of non-ortho nitro benzene ring substituents is 1. The zero-order valence-corrected chi connectivity index (χ0v) is 14.5. The average molecular weight is 337 g/mol. The summed E-state index contributed by atoms with van der Waals surface area (Å²) in [5.74, 6) is 0.179. The van der Waals surface area contributed by atoms with Crippen LogP contribution in [0.1, 0.15) is 44.2 Å². The van der Waals surface area contributed by atoms with Gasteiger partial charge >= 0.3 is 0 Å². The fraction of sp³-hybridized carbons (Fsp3) is 0.647. The van der Waals surface area contributed by atoms with Crippen molar-refractivity contribution >= 4 is 5.69 Å². The molecule has 24 heavy (non-hydrogen) atoms. The van der Waals surface area contributed by atoms with Crippen LogP contribution >= 0.6 is 0 Å². The molecule has 1 fully saturated rings. The van der Waals surface area contributed by atoms with Gasteiger partial charge in [0.15, 0.2) is 11.5 Å². The highest BCUT2D eigenvalue weighted by atomic mass is 16.6. The van der Waals surface area contributed by atoms with Crippen molar-refractivity contribution in [1.82, 2.24) is 10.2 Å². The standard InChI is InChI=1S/C17H27N3O4/c1-3-4-5-6-15(19-9-7-18-8-10-19)14-11-13(20(22)23)12-16(24-2)17(14)21/h11-12,15,18,21H,3-10H2,1-2H3/t15-/m1/s1. The van der Waals surface area contributed by atoms with Crippen LogP contribution < -0.4 is 10.1 Å². The number of nitrogens with zero attached hydrogens (tertiary/aromatic N) is 2. The predicted octanol–water partition coefficient (Wildman–Crippen LogP) is 2.84. The maximum atomic E-state index is 11.2. The first-order valence-electron chi connectivity index (χ1n) is 8.58. The first-order valence-corrected chi connectivity index (χ1v) is 8.58. The topological polar surface area (TPSA) is 87.9 Å². The fourth-order valence-corrected chi connectivity index (χ4v) is 3.25. The lowest BCUT2D eigenvalue weighted by molar-refractivity contribution is -0.385. The van der Waals surface area contributed by atoms with Gasteiger partial charge in [0.25, 0.3) is 5.69 Å². The van der Waals surface area contributed by atoms with Crippen molar-refractivity contribution in [2.75, 3.05) is 33.3 Å². The lowest BCUT2D eigenvalue weighted by Crippen LogP contribution is -2.45. The van der Waals surface area contributed by atoms with Crippen LogP contribution in [0.15, 0.2) is 12.1 Å². The van der Waals surface area contributed by atoms with Crippen molar-refractivity contribution in [3.8, 4) is 11.5 Å². The minimum absolute atomic E-state index is 0.0168. The van der Waals surface area contributed by atoms with Crippen molar-refractivity contribution in [2.45, 2.75) is 38.6 Å². The summed E-state index contributed by atoms with van der Waals surface area (Å²) in [4.78, 5) is 13.1. The number of piperazine rings is 1. The number of hydrogen-bond donors (Lipinski definition) is 2. The molecule has 7 heteroatoms. The second kappa shape index (κ2) is 8.84. The molecule has 0 amide bonds. The number of methoxy groups -OCH3 is 1. The zero-order valence-electron chi connectivity index (χ0n) is 14.5. The largest absolute Gasteiger partial charge is 0.504 e. The van der Waals surface area contributed by atoms with Crippen LogP contribution in [0.5, 0.6) is 11.5 Å². The van der Waals surface area contributed by atoms with E-state index in [9.17, 15) is 15.2 Å². The van der Waals surface area contributed by atoms with Gasteiger partial charge in [-0.2, -0.15) is 0 Å². The zero-order chi connectivity index (χ0) is 17.5. The number of rotatable bonds is 8. The van der Waals surface area contributed by atoms with E-state index < -0.39 is 4.92 Å². The molecule has 2 N–H and O–H groups in total. The van der Waals surface area contributed by atoms with Crippen LogP contribution in [0, 0.1) is 10.1 Å². The van der Waals surface area contributed by atoms with Crippen molar-refractivity contribution in [2.24, 2.45) is 0 Å². The van der Waals surface area contributed by atoms with Crippen LogP contribution in [0.3, 0.4) is 0 Å². The highest BCUT2D eigenvalue weighted by Crippen LogP contribution is 2.41.